The van der Waals surface area contributed by atoms with Gasteiger partial charge in [0.1, 0.15) is 0 Å². The van der Waals surface area contributed by atoms with Crippen molar-refractivity contribution in [3.05, 3.63) is 36.7 Å². The van der Waals surface area contributed by atoms with E-state index in [0.29, 0.717) is 0 Å². The van der Waals surface area contributed by atoms with Crippen molar-refractivity contribution in [3.63, 3.8) is 0 Å². The summed E-state index contributed by atoms with van der Waals surface area (Å²) in [6.07, 6.45) is 13.7. The molecule has 0 N–H and O–H groups in total. The predicted molar refractivity (Wildman–Crippen MR) is 67.0 cm³/mol. The smallest absolute Gasteiger partial charge is 0.0270 e. The van der Waals surface area contributed by atoms with Gasteiger partial charge >= 0.3 is 0 Å². The maximum atomic E-state index is 3.92. The first-order chi connectivity index (χ1) is 7.33. The summed E-state index contributed by atoms with van der Waals surface area (Å²) in [7, 11) is 0. The quantitative estimate of drug-likeness (QED) is 0.507. The molecule has 2 nitrogen and oxygen atoms in total. The van der Waals surface area contributed by atoms with E-state index in [0.717, 1.165) is 0 Å². The lowest BCUT2D eigenvalue weighted by Gasteiger charge is -2.24. The van der Waals surface area contributed by atoms with Gasteiger partial charge in [-0.15, -0.1) is 0 Å². The number of rotatable bonds is 4. The van der Waals surface area contributed by atoms with E-state index in [1.165, 1.54) is 44.1 Å². The molecule has 1 aliphatic rings. The topological polar surface area (TPSA) is 15.6 Å². The van der Waals surface area contributed by atoms with Crippen molar-refractivity contribution in [1.82, 2.24) is 4.90 Å². The molecule has 0 saturated carbocycles. The van der Waals surface area contributed by atoms with Crippen molar-refractivity contribution < 1.29 is 0 Å². The Morgan fingerprint density at radius 2 is 2.00 bits per heavy atom. The first kappa shape index (κ1) is 11.8. The second kappa shape index (κ2) is 7.04. The first-order valence-electron chi connectivity index (χ1n) is 5.56. The van der Waals surface area contributed by atoms with Crippen LogP contribution in [0.25, 0.3) is 0 Å². The summed E-state index contributed by atoms with van der Waals surface area (Å²) in [4.78, 5) is 6.30. The van der Waals surface area contributed by atoms with Crippen LogP contribution in [0.3, 0.4) is 0 Å². The van der Waals surface area contributed by atoms with Gasteiger partial charge in [0.25, 0.3) is 0 Å². The van der Waals surface area contributed by atoms with Crippen molar-refractivity contribution in [3.8, 4) is 0 Å². The lowest BCUT2D eigenvalue weighted by Crippen LogP contribution is -2.24. The molecule has 1 aliphatic heterocycles. The number of likely N-dealkylation sites (tertiary alicyclic amines) is 1. The van der Waals surface area contributed by atoms with Crippen molar-refractivity contribution in [1.29, 1.82) is 0 Å². The van der Waals surface area contributed by atoms with Crippen LogP contribution in [0.1, 0.15) is 26.2 Å². The van der Waals surface area contributed by atoms with E-state index in [1.807, 2.05) is 6.08 Å². The summed E-state index contributed by atoms with van der Waals surface area (Å²) >= 11 is 0. The Morgan fingerprint density at radius 1 is 1.27 bits per heavy atom. The number of aliphatic imine (C=N–C) groups is 1. The highest BCUT2D eigenvalue weighted by atomic mass is 15.1. The van der Waals surface area contributed by atoms with E-state index in [-0.39, 0.29) is 0 Å². The van der Waals surface area contributed by atoms with Crippen LogP contribution in [0, 0.1) is 0 Å². The molecule has 1 heterocycles. The lowest BCUT2D eigenvalue weighted by atomic mass is 10.1. The SMILES string of the molecule is C=CN=C/C=C(C)/C=C/N1CCCCC1. The lowest BCUT2D eigenvalue weighted by molar-refractivity contribution is 0.309. The maximum absolute atomic E-state index is 3.92. The van der Waals surface area contributed by atoms with Crippen LogP contribution in [0.4, 0.5) is 0 Å². The molecular weight excluding hydrogens is 184 g/mol. The van der Waals surface area contributed by atoms with Gasteiger partial charge in [-0.05, 0) is 50.1 Å². The van der Waals surface area contributed by atoms with Gasteiger partial charge in [-0.3, -0.25) is 4.99 Å². The second-order valence-electron chi connectivity index (χ2n) is 3.80. The van der Waals surface area contributed by atoms with Crippen molar-refractivity contribution in [2.24, 2.45) is 4.99 Å². The van der Waals surface area contributed by atoms with Gasteiger partial charge in [-0.25, -0.2) is 0 Å². The van der Waals surface area contributed by atoms with Crippen LogP contribution < -0.4 is 0 Å². The highest BCUT2D eigenvalue weighted by Gasteiger charge is 2.04. The Kier molecular flexibility index (Phi) is 5.52. The van der Waals surface area contributed by atoms with E-state index >= 15 is 0 Å². The third kappa shape index (κ3) is 5.21. The Bertz CT molecular complexity index is 268. The molecule has 0 aromatic rings. The van der Waals surface area contributed by atoms with Crippen LogP contribution in [0.2, 0.25) is 0 Å². The zero-order valence-corrected chi connectivity index (χ0v) is 9.52. The van der Waals surface area contributed by atoms with E-state index in [9.17, 15) is 0 Å². The van der Waals surface area contributed by atoms with E-state index in [1.54, 1.807) is 6.21 Å². The fourth-order valence-electron chi connectivity index (χ4n) is 1.57. The van der Waals surface area contributed by atoms with Crippen LogP contribution in [-0.4, -0.2) is 24.2 Å². The molecule has 0 aromatic carbocycles. The fraction of sp³-hybridized carbons (Fsp3) is 0.462. The molecule has 0 bridgehead atoms. The molecule has 2 heteroatoms. The van der Waals surface area contributed by atoms with Crippen molar-refractivity contribution in [2.45, 2.75) is 26.2 Å². The highest BCUT2D eigenvalue weighted by Crippen LogP contribution is 2.09. The average Bonchev–Trinajstić information content (AvgIpc) is 2.28. The Labute approximate surface area is 92.7 Å². The van der Waals surface area contributed by atoms with E-state index in [4.69, 9.17) is 0 Å². The van der Waals surface area contributed by atoms with Gasteiger partial charge in [0, 0.05) is 25.5 Å². The summed E-state index contributed by atoms with van der Waals surface area (Å²) < 4.78 is 0. The first-order valence-corrected chi connectivity index (χ1v) is 5.56. The number of piperidine rings is 1. The van der Waals surface area contributed by atoms with Gasteiger partial charge in [-0.1, -0.05) is 6.58 Å². The van der Waals surface area contributed by atoms with Gasteiger partial charge in [-0.2, -0.15) is 0 Å². The zero-order valence-electron chi connectivity index (χ0n) is 9.52. The predicted octanol–water partition coefficient (Wildman–Crippen LogP) is 3.15. The average molecular weight is 204 g/mol. The molecule has 0 radical (unpaired) electrons. The molecule has 1 saturated heterocycles. The monoisotopic (exact) mass is 204 g/mol. The molecular formula is C13H20N2. The van der Waals surface area contributed by atoms with E-state index < -0.39 is 0 Å². The molecule has 15 heavy (non-hydrogen) atoms. The molecule has 0 aliphatic carbocycles. The summed E-state index contributed by atoms with van der Waals surface area (Å²) in [6.45, 7) is 8.00. The molecule has 82 valence electrons. The van der Waals surface area contributed by atoms with Gasteiger partial charge in [0.15, 0.2) is 0 Å². The number of nitrogens with zero attached hydrogens (tertiary/aromatic N) is 2. The van der Waals surface area contributed by atoms with Crippen LogP contribution in [0.15, 0.2) is 41.7 Å². The number of hydrogen-bond donors (Lipinski definition) is 0. The van der Waals surface area contributed by atoms with Crippen molar-refractivity contribution >= 4 is 6.21 Å². The molecule has 1 fully saturated rings. The Morgan fingerprint density at radius 3 is 2.67 bits per heavy atom. The summed E-state index contributed by atoms with van der Waals surface area (Å²) in [5.41, 5.74) is 1.21. The standard InChI is InChI=1S/C13H20N2/c1-3-14-9-7-13(2)8-12-15-10-5-4-6-11-15/h3,7-9,12H,1,4-6,10-11H2,2H3/b12-8+,13-7+,14-9?. The molecule has 1 rings (SSSR count). The molecule has 0 amide bonds. The van der Waals surface area contributed by atoms with Gasteiger partial charge in [0.2, 0.25) is 0 Å². The summed E-state index contributed by atoms with van der Waals surface area (Å²) in [5, 5.41) is 0. The number of allylic oxidation sites excluding steroid dienone is 3. The third-order valence-electron chi connectivity index (χ3n) is 2.47. The van der Waals surface area contributed by atoms with Gasteiger partial charge < -0.3 is 4.90 Å². The van der Waals surface area contributed by atoms with Crippen LogP contribution >= 0.6 is 0 Å². The normalized spacial score (nSPS) is 19.0. The zero-order chi connectivity index (χ0) is 10.9. The Balaban J connectivity index is 2.37. The fourth-order valence-corrected chi connectivity index (χ4v) is 1.57. The van der Waals surface area contributed by atoms with Crippen LogP contribution in [-0.2, 0) is 0 Å². The van der Waals surface area contributed by atoms with Gasteiger partial charge in [0.05, 0.1) is 0 Å². The third-order valence-corrected chi connectivity index (χ3v) is 2.47. The van der Waals surface area contributed by atoms with Crippen LogP contribution in [0.5, 0.6) is 0 Å². The van der Waals surface area contributed by atoms with E-state index in [2.05, 4.69) is 35.7 Å². The number of hydrogen-bond acceptors (Lipinski definition) is 2. The summed E-state index contributed by atoms with van der Waals surface area (Å²) in [5.74, 6) is 0. The Hall–Kier alpha value is -1.31. The molecule has 0 aromatic heterocycles. The molecule has 0 unspecified atom stereocenters. The minimum absolute atomic E-state index is 1.20. The largest absolute Gasteiger partial charge is 0.377 e. The highest BCUT2D eigenvalue weighted by molar-refractivity contribution is 5.73. The summed E-state index contributed by atoms with van der Waals surface area (Å²) in [6, 6.07) is 0. The second-order valence-corrected chi connectivity index (χ2v) is 3.80. The molecule has 0 atom stereocenters. The maximum Gasteiger partial charge on any atom is 0.0270 e. The molecule has 0 spiro atoms. The minimum Gasteiger partial charge on any atom is -0.377 e. The van der Waals surface area contributed by atoms with Crippen molar-refractivity contribution in [2.75, 3.05) is 13.1 Å². The minimum atomic E-state index is 1.20.